The van der Waals surface area contributed by atoms with Gasteiger partial charge >= 0.3 is 0 Å². The van der Waals surface area contributed by atoms with Crippen LogP contribution in [0, 0.1) is 6.92 Å². The fourth-order valence-corrected chi connectivity index (χ4v) is 2.94. The second kappa shape index (κ2) is 6.58. The Bertz CT molecular complexity index is 710. The molecule has 3 aromatic rings. The Labute approximate surface area is 127 Å². The quantitative estimate of drug-likeness (QED) is 0.496. The molecule has 0 aliphatic rings. The Balaban J connectivity index is 2.07. The van der Waals surface area contributed by atoms with Crippen LogP contribution in [0.25, 0.3) is 21.9 Å². The highest BCUT2D eigenvalue weighted by atomic mass is 14.1. The highest BCUT2D eigenvalue weighted by Crippen LogP contribution is 2.31. The molecule has 105 valence electrons. The molecule has 0 fully saturated rings. The second-order valence-electron chi connectivity index (χ2n) is 5.49. The van der Waals surface area contributed by atoms with Crippen molar-refractivity contribution in [3.8, 4) is 11.1 Å². The van der Waals surface area contributed by atoms with Crippen LogP contribution in [0.15, 0.2) is 66.7 Å². The van der Waals surface area contributed by atoms with E-state index in [-0.39, 0.29) is 0 Å². The molecule has 0 nitrogen and oxygen atoms in total. The van der Waals surface area contributed by atoms with E-state index >= 15 is 0 Å². The molecule has 3 aromatic carbocycles. The van der Waals surface area contributed by atoms with Crippen molar-refractivity contribution in [2.75, 3.05) is 0 Å². The summed E-state index contributed by atoms with van der Waals surface area (Å²) in [6, 6.07) is 24.0. The zero-order valence-corrected chi connectivity index (χ0v) is 12.4. The molecule has 0 heteroatoms. The number of fused-ring (bicyclic) bond motifs is 1. The Morgan fingerprint density at radius 2 is 1.38 bits per heavy atom. The maximum atomic E-state index is 3.93. The van der Waals surface area contributed by atoms with E-state index in [1.807, 2.05) is 0 Å². The maximum Gasteiger partial charge on any atom is -0.0103 e. The first-order valence-electron chi connectivity index (χ1n) is 7.75. The fraction of sp³-hybridized carbons (Fsp3) is 0.190. The van der Waals surface area contributed by atoms with E-state index in [0.29, 0.717) is 0 Å². The van der Waals surface area contributed by atoms with Crippen LogP contribution in [0.5, 0.6) is 0 Å². The van der Waals surface area contributed by atoms with Gasteiger partial charge in [0, 0.05) is 0 Å². The lowest BCUT2D eigenvalue weighted by molar-refractivity contribution is 0.749. The second-order valence-corrected chi connectivity index (χ2v) is 5.49. The maximum absolute atomic E-state index is 3.93. The van der Waals surface area contributed by atoms with Gasteiger partial charge in [-0.25, -0.2) is 0 Å². The van der Waals surface area contributed by atoms with E-state index in [0.717, 1.165) is 12.8 Å². The summed E-state index contributed by atoms with van der Waals surface area (Å²) in [4.78, 5) is 0. The number of unbranched alkanes of at least 4 members (excludes halogenated alkanes) is 2. The molecule has 0 aliphatic heterocycles. The summed E-state index contributed by atoms with van der Waals surface area (Å²) in [6.07, 6.45) is 4.60. The third kappa shape index (κ3) is 3.00. The molecule has 0 unspecified atom stereocenters. The van der Waals surface area contributed by atoms with Crippen molar-refractivity contribution in [3.63, 3.8) is 0 Å². The van der Waals surface area contributed by atoms with Gasteiger partial charge in [-0.15, -0.1) is 0 Å². The Morgan fingerprint density at radius 1 is 0.667 bits per heavy atom. The predicted octanol–water partition coefficient (Wildman–Crippen LogP) is 6.05. The van der Waals surface area contributed by atoms with Gasteiger partial charge < -0.3 is 0 Å². The highest BCUT2D eigenvalue weighted by Gasteiger charge is 2.07. The van der Waals surface area contributed by atoms with Crippen LogP contribution in [0.3, 0.4) is 0 Å². The van der Waals surface area contributed by atoms with Crippen LogP contribution in [-0.4, -0.2) is 0 Å². The Hall–Kier alpha value is -2.08. The van der Waals surface area contributed by atoms with Gasteiger partial charge in [-0.05, 0) is 40.3 Å². The smallest absolute Gasteiger partial charge is 0.0103 e. The number of benzene rings is 3. The van der Waals surface area contributed by atoms with Crippen LogP contribution in [0.2, 0.25) is 0 Å². The molecule has 0 heterocycles. The van der Waals surface area contributed by atoms with Gasteiger partial charge in [0.1, 0.15) is 0 Å². The van der Waals surface area contributed by atoms with Crippen LogP contribution < -0.4 is 0 Å². The summed E-state index contributed by atoms with van der Waals surface area (Å²) in [6.45, 7) is 3.93. The van der Waals surface area contributed by atoms with Crippen LogP contribution in [0.1, 0.15) is 24.8 Å². The average Bonchev–Trinajstić information content (AvgIpc) is 2.56. The topological polar surface area (TPSA) is 0 Å². The highest BCUT2D eigenvalue weighted by molar-refractivity contribution is 5.98. The zero-order valence-electron chi connectivity index (χ0n) is 12.4. The van der Waals surface area contributed by atoms with Crippen molar-refractivity contribution < 1.29 is 0 Å². The molecule has 0 spiro atoms. The van der Waals surface area contributed by atoms with Crippen molar-refractivity contribution >= 4 is 10.8 Å². The summed E-state index contributed by atoms with van der Waals surface area (Å²) in [5.74, 6) is 0. The lowest BCUT2D eigenvalue weighted by Crippen LogP contribution is -1.90. The van der Waals surface area contributed by atoms with Crippen molar-refractivity contribution in [1.82, 2.24) is 0 Å². The molecule has 0 saturated heterocycles. The molecule has 0 aromatic heterocycles. The number of hydrogen-bond donors (Lipinski definition) is 0. The largest absolute Gasteiger partial charge is 0.0622 e. The van der Waals surface area contributed by atoms with Gasteiger partial charge in [0.2, 0.25) is 0 Å². The van der Waals surface area contributed by atoms with Crippen LogP contribution in [0.4, 0.5) is 0 Å². The third-order valence-electron chi connectivity index (χ3n) is 4.05. The molecule has 3 rings (SSSR count). The van der Waals surface area contributed by atoms with Crippen molar-refractivity contribution in [2.24, 2.45) is 0 Å². The third-order valence-corrected chi connectivity index (χ3v) is 4.05. The van der Waals surface area contributed by atoms with Gasteiger partial charge in [-0.2, -0.15) is 0 Å². The SMILES string of the molecule is [CH2]CCCCc1ccc(-c2ccccc2)c2ccccc12. The lowest BCUT2D eigenvalue weighted by Gasteiger charge is -2.11. The van der Waals surface area contributed by atoms with Gasteiger partial charge in [0.25, 0.3) is 0 Å². The zero-order chi connectivity index (χ0) is 14.5. The van der Waals surface area contributed by atoms with Gasteiger partial charge in [-0.1, -0.05) is 86.5 Å². The van der Waals surface area contributed by atoms with E-state index in [1.165, 1.54) is 40.3 Å². The first-order chi connectivity index (χ1) is 10.4. The van der Waals surface area contributed by atoms with E-state index in [1.54, 1.807) is 0 Å². The first kappa shape index (κ1) is 13.9. The monoisotopic (exact) mass is 273 g/mol. The molecule has 0 atom stereocenters. The van der Waals surface area contributed by atoms with Crippen LogP contribution in [-0.2, 0) is 6.42 Å². The van der Waals surface area contributed by atoms with Gasteiger partial charge in [-0.3, -0.25) is 0 Å². The molecule has 0 N–H and O–H groups in total. The van der Waals surface area contributed by atoms with Crippen molar-refractivity contribution in [3.05, 3.63) is 79.2 Å². The number of hydrogen-bond acceptors (Lipinski definition) is 0. The lowest BCUT2D eigenvalue weighted by atomic mass is 9.93. The molecule has 0 amide bonds. The minimum absolute atomic E-state index is 1.03. The van der Waals surface area contributed by atoms with Crippen LogP contribution >= 0.6 is 0 Å². The Morgan fingerprint density at radius 3 is 2.14 bits per heavy atom. The standard InChI is InChI=1S/C21H21/c1-2-3-5-10-18-15-16-20(17-11-6-4-7-12-17)21-14-9-8-13-19(18)21/h4,6-9,11-16H,1-3,5,10H2. The minimum atomic E-state index is 1.03. The van der Waals surface area contributed by atoms with Gasteiger partial charge in [0.05, 0.1) is 0 Å². The summed E-state index contributed by atoms with van der Waals surface area (Å²) < 4.78 is 0. The van der Waals surface area contributed by atoms with E-state index in [4.69, 9.17) is 0 Å². The minimum Gasteiger partial charge on any atom is -0.0622 e. The summed E-state index contributed by atoms with van der Waals surface area (Å²) in [7, 11) is 0. The summed E-state index contributed by atoms with van der Waals surface area (Å²) >= 11 is 0. The first-order valence-corrected chi connectivity index (χ1v) is 7.75. The number of aryl methyl sites for hydroxylation is 1. The van der Waals surface area contributed by atoms with E-state index in [2.05, 4.69) is 73.7 Å². The van der Waals surface area contributed by atoms with E-state index in [9.17, 15) is 0 Å². The molecular formula is C21H21. The molecule has 0 bridgehead atoms. The van der Waals surface area contributed by atoms with Crippen molar-refractivity contribution in [2.45, 2.75) is 25.7 Å². The predicted molar refractivity (Wildman–Crippen MR) is 92.3 cm³/mol. The normalized spacial score (nSPS) is 10.9. The van der Waals surface area contributed by atoms with E-state index < -0.39 is 0 Å². The van der Waals surface area contributed by atoms with Gasteiger partial charge in [0.15, 0.2) is 0 Å². The summed E-state index contributed by atoms with van der Waals surface area (Å²) in [5.41, 5.74) is 4.07. The average molecular weight is 273 g/mol. The molecule has 0 aliphatic carbocycles. The molecule has 21 heavy (non-hydrogen) atoms. The molecule has 0 saturated carbocycles. The summed E-state index contributed by atoms with van der Waals surface area (Å²) in [5, 5.41) is 2.75. The fourth-order valence-electron chi connectivity index (χ4n) is 2.94. The van der Waals surface area contributed by atoms with Crippen molar-refractivity contribution in [1.29, 1.82) is 0 Å². The molecular weight excluding hydrogens is 252 g/mol. The number of rotatable bonds is 5. The Kier molecular flexibility index (Phi) is 4.35. The molecule has 1 radical (unpaired) electrons.